The van der Waals surface area contributed by atoms with Gasteiger partial charge >= 0.3 is 0 Å². The summed E-state index contributed by atoms with van der Waals surface area (Å²) in [5.74, 6) is 0. The summed E-state index contributed by atoms with van der Waals surface area (Å²) < 4.78 is 0. The van der Waals surface area contributed by atoms with Crippen LogP contribution in [0.2, 0.25) is 0 Å². The lowest BCUT2D eigenvalue weighted by Crippen LogP contribution is -2.33. The normalized spacial score (nSPS) is 18.3. The minimum atomic E-state index is 0.245. The SMILES string of the molecule is CC1(C)CCC(C)(C)c2cc3cc(-c4ccccc4)ncc3cc21. The lowest BCUT2D eigenvalue weighted by atomic mass is 9.63. The minimum absolute atomic E-state index is 0.245. The highest BCUT2D eigenvalue weighted by molar-refractivity contribution is 5.87. The highest BCUT2D eigenvalue weighted by atomic mass is 14.7. The van der Waals surface area contributed by atoms with Gasteiger partial charge in [0.25, 0.3) is 0 Å². The quantitative estimate of drug-likeness (QED) is 0.517. The fourth-order valence-electron chi connectivity index (χ4n) is 3.97. The number of hydrogen-bond acceptors (Lipinski definition) is 1. The Bertz CT molecular complexity index is 904. The van der Waals surface area contributed by atoms with Gasteiger partial charge in [0, 0.05) is 17.1 Å². The van der Waals surface area contributed by atoms with Crippen molar-refractivity contribution in [3.8, 4) is 11.3 Å². The zero-order valence-electron chi connectivity index (χ0n) is 15.1. The predicted octanol–water partition coefficient (Wildman–Crippen LogP) is 6.25. The summed E-state index contributed by atoms with van der Waals surface area (Å²) in [5.41, 5.74) is 5.73. The first-order valence-corrected chi connectivity index (χ1v) is 8.87. The van der Waals surface area contributed by atoms with Crippen LogP contribution in [0.15, 0.2) is 54.7 Å². The zero-order valence-corrected chi connectivity index (χ0v) is 15.1. The van der Waals surface area contributed by atoms with Crippen LogP contribution in [-0.4, -0.2) is 4.98 Å². The van der Waals surface area contributed by atoms with E-state index in [0.717, 1.165) is 5.69 Å². The lowest BCUT2D eigenvalue weighted by molar-refractivity contribution is 0.332. The first-order valence-electron chi connectivity index (χ1n) is 8.87. The van der Waals surface area contributed by atoms with E-state index in [4.69, 9.17) is 4.98 Å². The molecule has 0 aliphatic heterocycles. The molecule has 24 heavy (non-hydrogen) atoms. The Kier molecular flexibility index (Phi) is 3.32. The topological polar surface area (TPSA) is 12.9 Å². The maximum atomic E-state index is 4.71. The molecule has 0 unspecified atom stereocenters. The van der Waals surface area contributed by atoms with Crippen molar-refractivity contribution in [2.24, 2.45) is 0 Å². The van der Waals surface area contributed by atoms with Crippen LogP contribution < -0.4 is 0 Å². The highest BCUT2D eigenvalue weighted by Gasteiger charge is 2.37. The molecule has 3 aromatic rings. The van der Waals surface area contributed by atoms with Crippen molar-refractivity contribution in [3.63, 3.8) is 0 Å². The van der Waals surface area contributed by atoms with Gasteiger partial charge in [0.1, 0.15) is 0 Å². The van der Waals surface area contributed by atoms with Gasteiger partial charge in [0.15, 0.2) is 0 Å². The molecule has 0 saturated carbocycles. The van der Waals surface area contributed by atoms with Crippen molar-refractivity contribution in [1.29, 1.82) is 0 Å². The van der Waals surface area contributed by atoms with Crippen molar-refractivity contribution in [1.82, 2.24) is 4.98 Å². The molecular weight excluding hydrogens is 290 g/mol. The molecule has 0 atom stereocenters. The summed E-state index contributed by atoms with van der Waals surface area (Å²) in [4.78, 5) is 4.71. The highest BCUT2D eigenvalue weighted by Crippen LogP contribution is 2.47. The summed E-state index contributed by atoms with van der Waals surface area (Å²) in [6.45, 7) is 9.51. The van der Waals surface area contributed by atoms with Gasteiger partial charge in [-0.05, 0) is 52.3 Å². The standard InChI is InChI=1S/C23H25N/c1-22(2)10-11-23(3,4)20-13-18-15-24-21(14-17(18)12-19(20)22)16-8-6-5-7-9-16/h5-9,12-15H,10-11H2,1-4H3. The van der Waals surface area contributed by atoms with E-state index in [-0.39, 0.29) is 10.8 Å². The van der Waals surface area contributed by atoms with Crippen molar-refractivity contribution in [2.45, 2.75) is 51.4 Å². The molecule has 0 spiro atoms. The Balaban J connectivity index is 1.94. The van der Waals surface area contributed by atoms with Crippen molar-refractivity contribution in [3.05, 3.63) is 65.9 Å². The minimum Gasteiger partial charge on any atom is -0.256 e. The van der Waals surface area contributed by atoms with Crippen LogP contribution in [0.25, 0.3) is 22.0 Å². The fraction of sp³-hybridized carbons (Fsp3) is 0.348. The first kappa shape index (κ1) is 15.4. The van der Waals surface area contributed by atoms with Crippen LogP contribution in [0.4, 0.5) is 0 Å². The van der Waals surface area contributed by atoms with E-state index in [0.29, 0.717) is 0 Å². The molecule has 1 heteroatoms. The van der Waals surface area contributed by atoms with Crippen LogP contribution in [0, 0.1) is 0 Å². The largest absolute Gasteiger partial charge is 0.256 e. The summed E-state index contributed by atoms with van der Waals surface area (Å²) in [7, 11) is 0. The van der Waals surface area contributed by atoms with E-state index in [1.165, 1.54) is 40.3 Å². The van der Waals surface area contributed by atoms with Gasteiger partial charge < -0.3 is 0 Å². The molecule has 2 aromatic carbocycles. The summed E-state index contributed by atoms with van der Waals surface area (Å²) in [5, 5.41) is 2.55. The Hall–Kier alpha value is -2.15. The number of benzene rings is 2. The molecule has 1 heterocycles. The fourth-order valence-corrected chi connectivity index (χ4v) is 3.97. The van der Waals surface area contributed by atoms with Gasteiger partial charge in [0.2, 0.25) is 0 Å². The molecule has 0 amide bonds. The Morgan fingerprint density at radius 3 is 1.96 bits per heavy atom. The lowest BCUT2D eigenvalue weighted by Gasteiger charge is -2.42. The molecule has 0 saturated heterocycles. The van der Waals surface area contributed by atoms with Crippen molar-refractivity contribution >= 4 is 10.8 Å². The third-order valence-corrected chi connectivity index (χ3v) is 5.76. The van der Waals surface area contributed by atoms with Gasteiger partial charge in [-0.1, -0.05) is 64.1 Å². The second-order valence-corrected chi connectivity index (χ2v) is 8.45. The zero-order chi connectivity index (χ0) is 16.9. The maximum absolute atomic E-state index is 4.71. The van der Waals surface area contributed by atoms with Crippen LogP contribution >= 0.6 is 0 Å². The average molecular weight is 315 g/mol. The van der Waals surface area contributed by atoms with E-state index < -0.39 is 0 Å². The third kappa shape index (κ3) is 2.43. The Morgan fingerprint density at radius 1 is 0.750 bits per heavy atom. The molecule has 1 nitrogen and oxygen atoms in total. The molecule has 0 bridgehead atoms. The van der Waals surface area contributed by atoms with Crippen molar-refractivity contribution < 1.29 is 0 Å². The van der Waals surface area contributed by atoms with E-state index in [2.05, 4.69) is 70.2 Å². The molecule has 1 aliphatic rings. The summed E-state index contributed by atoms with van der Waals surface area (Å²) >= 11 is 0. The molecule has 1 aromatic heterocycles. The number of aromatic nitrogens is 1. The molecular formula is C23H25N. The molecule has 122 valence electrons. The monoisotopic (exact) mass is 315 g/mol. The number of rotatable bonds is 1. The van der Waals surface area contributed by atoms with Gasteiger partial charge in [-0.2, -0.15) is 0 Å². The Morgan fingerprint density at radius 2 is 1.33 bits per heavy atom. The van der Waals surface area contributed by atoms with Gasteiger partial charge in [-0.15, -0.1) is 0 Å². The molecule has 1 aliphatic carbocycles. The van der Waals surface area contributed by atoms with Gasteiger partial charge in [0.05, 0.1) is 5.69 Å². The van der Waals surface area contributed by atoms with Crippen molar-refractivity contribution in [2.75, 3.05) is 0 Å². The Labute approximate surface area is 144 Å². The molecule has 0 fully saturated rings. The first-order chi connectivity index (χ1) is 11.4. The van der Waals surface area contributed by atoms with Crippen LogP contribution in [0.1, 0.15) is 51.7 Å². The number of fused-ring (bicyclic) bond motifs is 2. The molecule has 0 N–H and O–H groups in total. The van der Waals surface area contributed by atoms with Gasteiger partial charge in [-0.25, -0.2) is 0 Å². The summed E-state index contributed by atoms with van der Waals surface area (Å²) in [6, 6.07) is 17.5. The molecule has 0 radical (unpaired) electrons. The maximum Gasteiger partial charge on any atom is 0.0708 e. The van der Waals surface area contributed by atoms with Crippen LogP contribution in [0.5, 0.6) is 0 Å². The van der Waals surface area contributed by atoms with Crippen LogP contribution in [-0.2, 0) is 10.8 Å². The van der Waals surface area contributed by atoms with Gasteiger partial charge in [-0.3, -0.25) is 4.98 Å². The second-order valence-electron chi connectivity index (χ2n) is 8.45. The van der Waals surface area contributed by atoms with E-state index in [1.54, 1.807) is 0 Å². The van der Waals surface area contributed by atoms with E-state index in [9.17, 15) is 0 Å². The second kappa shape index (κ2) is 5.17. The van der Waals surface area contributed by atoms with E-state index in [1.807, 2.05) is 12.3 Å². The predicted molar refractivity (Wildman–Crippen MR) is 102 cm³/mol. The number of nitrogens with zero attached hydrogens (tertiary/aromatic N) is 1. The number of pyridine rings is 1. The average Bonchev–Trinajstić information content (AvgIpc) is 2.58. The summed E-state index contributed by atoms with van der Waals surface area (Å²) in [6.07, 6.45) is 4.53. The smallest absolute Gasteiger partial charge is 0.0708 e. The molecule has 4 rings (SSSR count). The number of hydrogen-bond donors (Lipinski definition) is 0. The van der Waals surface area contributed by atoms with E-state index >= 15 is 0 Å². The third-order valence-electron chi connectivity index (χ3n) is 5.76. The van der Waals surface area contributed by atoms with Crippen LogP contribution in [0.3, 0.4) is 0 Å².